The fourth-order valence-corrected chi connectivity index (χ4v) is 2.24. The van der Waals surface area contributed by atoms with Gasteiger partial charge in [0, 0.05) is 17.5 Å². The molecular formula is C12H14N4O2. The van der Waals surface area contributed by atoms with E-state index in [9.17, 15) is 0 Å². The molecule has 0 saturated carbocycles. The van der Waals surface area contributed by atoms with Crippen LogP contribution >= 0.6 is 0 Å². The van der Waals surface area contributed by atoms with Gasteiger partial charge in [-0.15, -0.1) is 10.2 Å². The van der Waals surface area contributed by atoms with Crippen LogP contribution in [0.15, 0.2) is 12.1 Å². The molecule has 2 aromatic rings. The number of rotatable bonds is 2. The van der Waals surface area contributed by atoms with Crippen molar-refractivity contribution in [1.82, 2.24) is 20.6 Å². The lowest BCUT2D eigenvalue weighted by molar-refractivity contribution is 0.138. The highest BCUT2D eigenvalue weighted by atomic mass is 16.5. The fourth-order valence-electron chi connectivity index (χ4n) is 2.24. The SMILES string of the molecule is COc1cc(-c2nn[nH]n2)cc2c1CC(C)(C)O2. The predicted octanol–water partition coefficient (Wildman–Crippen LogP) is 1.59. The number of nitrogens with one attached hydrogen (secondary N) is 1. The lowest BCUT2D eigenvalue weighted by atomic mass is 10.00. The highest BCUT2D eigenvalue weighted by Crippen LogP contribution is 2.42. The average Bonchev–Trinajstić information content (AvgIpc) is 2.92. The normalized spacial score (nSPS) is 16.2. The molecule has 6 heteroatoms. The number of nitrogens with zero attached hydrogens (tertiary/aromatic N) is 3. The summed E-state index contributed by atoms with van der Waals surface area (Å²) >= 11 is 0. The topological polar surface area (TPSA) is 72.9 Å². The number of methoxy groups -OCH3 is 1. The summed E-state index contributed by atoms with van der Waals surface area (Å²) in [7, 11) is 1.65. The second-order valence-electron chi connectivity index (χ2n) is 4.93. The van der Waals surface area contributed by atoms with Gasteiger partial charge in [-0.1, -0.05) is 0 Å². The van der Waals surface area contributed by atoms with E-state index >= 15 is 0 Å². The van der Waals surface area contributed by atoms with Gasteiger partial charge in [0.2, 0.25) is 5.82 Å². The summed E-state index contributed by atoms with van der Waals surface area (Å²) in [6, 6.07) is 3.84. The quantitative estimate of drug-likeness (QED) is 0.871. The Balaban J connectivity index is 2.12. The molecule has 6 nitrogen and oxygen atoms in total. The second kappa shape index (κ2) is 3.69. The molecule has 0 atom stereocenters. The highest BCUT2D eigenvalue weighted by molar-refractivity contribution is 5.64. The summed E-state index contributed by atoms with van der Waals surface area (Å²) in [6.07, 6.45) is 0.831. The van der Waals surface area contributed by atoms with Crippen LogP contribution < -0.4 is 9.47 Å². The molecule has 94 valence electrons. The number of tetrazole rings is 1. The Bertz CT molecular complexity index is 578. The number of fused-ring (bicyclic) bond motifs is 1. The smallest absolute Gasteiger partial charge is 0.204 e. The van der Waals surface area contributed by atoms with Gasteiger partial charge in [0.15, 0.2) is 0 Å². The number of ether oxygens (including phenoxy) is 2. The van der Waals surface area contributed by atoms with Crippen LogP contribution in [-0.4, -0.2) is 33.3 Å². The van der Waals surface area contributed by atoms with E-state index in [1.165, 1.54) is 0 Å². The average molecular weight is 246 g/mol. The molecule has 0 amide bonds. The first kappa shape index (κ1) is 11.0. The van der Waals surface area contributed by atoms with Crippen LogP contribution in [0, 0.1) is 0 Å². The molecule has 0 aliphatic carbocycles. The van der Waals surface area contributed by atoms with Gasteiger partial charge in [-0.25, -0.2) is 0 Å². The molecular weight excluding hydrogens is 232 g/mol. The van der Waals surface area contributed by atoms with Crippen LogP contribution in [0.1, 0.15) is 19.4 Å². The third-order valence-corrected chi connectivity index (χ3v) is 2.98. The zero-order valence-corrected chi connectivity index (χ0v) is 10.5. The van der Waals surface area contributed by atoms with Crippen molar-refractivity contribution in [3.05, 3.63) is 17.7 Å². The molecule has 18 heavy (non-hydrogen) atoms. The first-order valence-electron chi connectivity index (χ1n) is 5.73. The molecule has 1 aliphatic heterocycles. The van der Waals surface area contributed by atoms with Crippen LogP contribution in [0.3, 0.4) is 0 Å². The number of aromatic amines is 1. The maximum Gasteiger partial charge on any atom is 0.204 e. The third-order valence-electron chi connectivity index (χ3n) is 2.98. The van der Waals surface area contributed by atoms with Gasteiger partial charge in [-0.05, 0) is 31.2 Å². The Morgan fingerprint density at radius 2 is 2.22 bits per heavy atom. The summed E-state index contributed by atoms with van der Waals surface area (Å²) in [4.78, 5) is 0. The van der Waals surface area contributed by atoms with Crippen molar-refractivity contribution < 1.29 is 9.47 Å². The third kappa shape index (κ3) is 1.70. The Kier molecular flexibility index (Phi) is 2.26. The van der Waals surface area contributed by atoms with Crippen LogP contribution in [0.2, 0.25) is 0 Å². The van der Waals surface area contributed by atoms with Gasteiger partial charge >= 0.3 is 0 Å². The molecule has 0 unspecified atom stereocenters. The molecule has 0 spiro atoms. The van der Waals surface area contributed by atoms with Gasteiger partial charge < -0.3 is 9.47 Å². The Morgan fingerprint density at radius 3 is 2.89 bits per heavy atom. The van der Waals surface area contributed by atoms with Crippen molar-refractivity contribution in [3.63, 3.8) is 0 Å². The van der Waals surface area contributed by atoms with E-state index < -0.39 is 0 Å². The van der Waals surface area contributed by atoms with Crippen LogP contribution in [0.25, 0.3) is 11.4 Å². The van der Waals surface area contributed by atoms with Crippen molar-refractivity contribution >= 4 is 0 Å². The first-order valence-corrected chi connectivity index (χ1v) is 5.73. The maximum atomic E-state index is 5.91. The van der Waals surface area contributed by atoms with Gasteiger partial charge in [0.05, 0.1) is 7.11 Å². The summed E-state index contributed by atoms with van der Waals surface area (Å²) < 4.78 is 11.3. The van der Waals surface area contributed by atoms with E-state index in [0.717, 1.165) is 29.0 Å². The number of hydrogen-bond acceptors (Lipinski definition) is 5. The number of hydrogen-bond donors (Lipinski definition) is 1. The Morgan fingerprint density at radius 1 is 1.39 bits per heavy atom. The molecule has 1 aromatic carbocycles. The van der Waals surface area contributed by atoms with E-state index in [0.29, 0.717) is 5.82 Å². The zero-order chi connectivity index (χ0) is 12.8. The standard InChI is InChI=1S/C12H14N4O2/c1-12(2)6-8-9(17-3)4-7(5-10(8)18-12)11-13-15-16-14-11/h4-5H,6H2,1-3H3,(H,13,14,15,16). The molecule has 1 aliphatic rings. The Hall–Kier alpha value is -2.11. The number of benzene rings is 1. The van der Waals surface area contributed by atoms with Gasteiger partial charge in [-0.2, -0.15) is 5.21 Å². The molecule has 1 N–H and O–H groups in total. The minimum Gasteiger partial charge on any atom is -0.496 e. The molecule has 3 rings (SSSR count). The first-order chi connectivity index (χ1) is 8.59. The van der Waals surface area contributed by atoms with E-state index in [1.54, 1.807) is 7.11 Å². The summed E-state index contributed by atoms with van der Waals surface area (Å²) in [6.45, 7) is 4.11. The minimum absolute atomic E-state index is 0.203. The van der Waals surface area contributed by atoms with E-state index in [1.807, 2.05) is 12.1 Å². The second-order valence-corrected chi connectivity index (χ2v) is 4.93. The highest BCUT2D eigenvalue weighted by Gasteiger charge is 2.33. The monoisotopic (exact) mass is 246 g/mol. The zero-order valence-electron chi connectivity index (χ0n) is 10.5. The maximum absolute atomic E-state index is 5.91. The van der Waals surface area contributed by atoms with E-state index in [-0.39, 0.29) is 5.60 Å². The largest absolute Gasteiger partial charge is 0.496 e. The molecule has 0 bridgehead atoms. The summed E-state index contributed by atoms with van der Waals surface area (Å²) in [5.41, 5.74) is 1.72. The van der Waals surface area contributed by atoms with Crippen molar-refractivity contribution in [2.24, 2.45) is 0 Å². The summed E-state index contributed by atoms with van der Waals surface area (Å²) in [5.74, 6) is 2.17. The van der Waals surface area contributed by atoms with Gasteiger partial charge in [0.25, 0.3) is 0 Å². The number of aromatic nitrogens is 4. The molecule has 1 aromatic heterocycles. The lowest BCUT2D eigenvalue weighted by Gasteiger charge is -2.16. The van der Waals surface area contributed by atoms with Crippen molar-refractivity contribution in [3.8, 4) is 22.9 Å². The Labute approximate surface area is 104 Å². The summed E-state index contributed by atoms with van der Waals surface area (Å²) in [5, 5.41) is 13.9. The minimum atomic E-state index is -0.203. The van der Waals surface area contributed by atoms with E-state index in [4.69, 9.17) is 9.47 Å². The van der Waals surface area contributed by atoms with Crippen LogP contribution in [-0.2, 0) is 6.42 Å². The van der Waals surface area contributed by atoms with Gasteiger partial charge in [0.1, 0.15) is 17.1 Å². The lowest BCUT2D eigenvalue weighted by Crippen LogP contribution is -2.24. The van der Waals surface area contributed by atoms with Crippen molar-refractivity contribution in [2.45, 2.75) is 25.9 Å². The fraction of sp³-hybridized carbons (Fsp3) is 0.417. The molecule has 0 fully saturated rings. The van der Waals surface area contributed by atoms with Crippen LogP contribution in [0.4, 0.5) is 0 Å². The number of H-pyrrole nitrogens is 1. The van der Waals surface area contributed by atoms with Gasteiger partial charge in [-0.3, -0.25) is 0 Å². The van der Waals surface area contributed by atoms with E-state index in [2.05, 4.69) is 34.5 Å². The molecule has 0 saturated heterocycles. The van der Waals surface area contributed by atoms with Crippen molar-refractivity contribution in [2.75, 3.05) is 7.11 Å². The predicted molar refractivity (Wildman–Crippen MR) is 64.6 cm³/mol. The van der Waals surface area contributed by atoms with Crippen LogP contribution in [0.5, 0.6) is 11.5 Å². The molecule has 0 radical (unpaired) electrons. The molecule has 2 heterocycles. The van der Waals surface area contributed by atoms with Crippen molar-refractivity contribution in [1.29, 1.82) is 0 Å².